The van der Waals surface area contributed by atoms with Crippen LogP contribution in [0.1, 0.15) is 43.1 Å². The van der Waals surface area contributed by atoms with Crippen LogP contribution in [0, 0.1) is 6.92 Å². The molecule has 0 saturated carbocycles. The van der Waals surface area contributed by atoms with E-state index in [0.29, 0.717) is 17.8 Å². The highest BCUT2D eigenvalue weighted by Crippen LogP contribution is 2.16. The smallest absolute Gasteiger partial charge is 0.255 e. The van der Waals surface area contributed by atoms with E-state index in [0.717, 1.165) is 38.2 Å². The molecule has 0 aromatic heterocycles. The van der Waals surface area contributed by atoms with Crippen molar-refractivity contribution in [3.8, 4) is 0 Å². The number of rotatable bonds is 8. The van der Waals surface area contributed by atoms with Gasteiger partial charge < -0.3 is 15.5 Å². The average Bonchev–Trinajstić information content (AvgIpc) is 2.47. The van der Waals surface area contributed by atoms with Gasteiger partial charge in [-0.2, -0.15) is 0 Å². The number of hydrogen-bond donors (Lipinski definition) is 1. The minimum Gasteiger partial charge on any atom is -0.398 e. The van der Waals surface area contributed by atoms with E-state index in [2.05, 4.69) is 18.7 Å². The summed E-state index contributed by atoms with van der Waals surface area (Å²) < 4.78 is 0. The van der Waals surface area contributed by atoms with E-state index in [1.54, 1.807) is 0 Å². The molecular weight excluding hydrogens is 262 g/mol. The summed E-state index contributed by atoms with van der Waals surface area (Å²) in [6.07, 6.45) is 0.993. The first-order valence-corrected chi connectivity index (χ1v) is 7.91. The molecule has 0 saturated heterocycles. The first kappa shape index (κ1) is 17.5. The summed E-state index contributed by atoms with van der Waals surface area (Å²) in [6.45, 7) is 13.0. The Kier molecular flexibility index (Phi) is 7.23. The van der Waals surface area contributed by atoms with Crippen LogP contribution in [0.5, 0.6) is 0 Å². The molecule has 0 bridgehead atoms. The van der Waals surface area contributed by atoms with Crippen LogP contribution in [0.4, 0.5) is 5.69 Å². The summed E-state index contributed by atoms with van der Waals surface area (Å²) in [5.74, 6) is 0.0366. The molecule has 0 fully saturated rings. The summed E-state index contributed by atoms with van der Waals surface area (Å²) in [5, 5.41) is 0. The van der Waals surface area contributed by atoms with E-state index >= 15 is 0 Å². The Labute approximate surface area is 128 Å². The number of benzene rings is 1. The van der Waals surface area contributed by atoms with Gasteiger partial charge in [-0.3, -0.25) is 4.79 Å². The highest BCUT2D eigenvalue weighted by molar-refractivity contribution is 5.99. The van der Waals surface area contributed by atoms with Crippen molar-refractivity contribution >= 4 is 11.6 Å². The van der Waals surface area contributed by atoms with Gasteiger partial charge in [0.1, 0.15) is 0 Å². The van der Waals surface area contributed by atoms with Gasteiger partial charge in [0, 0.05) is 18.8 Å². The van der Waals surface area contributed by atoms with Gasteiger partial charge in [-0.05, 0) is 57.6 Å². The van der Waals surface area contributed by atoms with Crippen LogP contribution >= 0.6 is 0 Å². The molecule has 4 nitrogen and oxygen atoms in total. The van der Waals surface area contributed by atoms with Gasteiger partial charge >= 0.3 is 0 Å². The highest BCUT2D eigenvalue weighted by Gasteiger charge is 2.16. The van der Waals surface area contributed by atoms with Crippen molar-refractivity contribution in [2.75, 3.05) is 38.5 Å². The highest BCUT2D eigenvalue weighted by atomic mass is 16.2. The van der Waals surface area contributed by atoms with E-state index in [1.807, 2.05) is 36.9 Å². The first-order chi connectivity index (χ1) is 10.0. The molecular formula is C17H29N3O. The van der Waals surface area contributed by atoms with Gasteiger partial charge in [0.05, 0.1) is 5.56 Å². The van der Waals surface area contributed by atoms with Gasteiger partial charge in [0.2, 0.25) is 0 Å². The molecule has 0 radical (unpaired) electrons. The normalized spacial score (nSPS) is 10.9. The maximum absolute atomic E-state index is 12.6. The van der Waals surface area contributed by atoms with Gasteiger partial charge in [-0.25, -0.2) is 0 Å². The van der Waals surface area contributed by atoms with E-state index in [4.69, 9.17) is 5.73 Å². The second kappa shape index (κ2) is 8.67. The Morgan fingerprint density at radius 1 is 1.10 bits per heavy atom. The Morgan fingerprint density at radius 3 is 2.29 bits per heavy atom. The average molecular weight is 291 g/mol. The topological polar surface area (TPSA) is 49.6 Å². The molecule has 118 valence electrons. The van der Waals surface area contributed by atoms with Crippen molar-refractivity contribution in [3.63, 3.8) is 0 Å². The number of carbonyl (C=O) groups is 1. The standard InChI is InChI=1S/C17H29N3O/c1-5-19(6-2)11-8-12-20(7-3)17(21)15-10-9-14(4)13-16(15)18/h9-10,13H,5-8,11-12,18H2,1-4H3. The zero-order valence-electron chi connectivity index (χ0n) is 13.9. The van der Waals surface area contributed by atoms with Crippen molar-refractivity contribution in [2.24, 2.45) is 0 Å². The summed E-state index contributed by atoms with van der Waals surface area (Å²) in [7, 11) is 0. The van der Waals surface area contributed by atoms with Gasteiger partial charge in [0.15, 0.2) is 0 Å². The van der Waals surface area contributed by atoms with Crippen LogP contribution in [0.15, 0.2) is 18.2 Å². The zero-order valence-corrected chi connectivity index (χ0v) is 13.9. The molecule has 0 heterocycles. The summed E-state index contributed by atoms with van der Waals surface area (Å²) in [5.41, 5.74) is 8.24. The summed E-state index contributed by atoms with van der Waals surface area (Å²) in [6, 6.07) is 5.63. The lowest BCUT2D eigenvalue weighted by Gasteiger charge is -2.24. The van der Waals surface area contributed by atoms with Crippen molar-refractivity contribution < 1.29 is 4.79 Å². The molecule has 0 atom stereocenters. The third-order valence-corrected chi connectivity index (χ3v) is 3.90. The second-order valence-corrected chi connectivity index (χ2v) is 5.36. The molecule has 0 aliphatic carbocycles. The number of nitrogens with two attached hydrogens (primary N) is 1. The number of amides is 1. The van der Waals surface area contributed by atoms with Crippen LogP contribution in [-0.4, -0.2) is 48.4 Å². The van der Waals surface area contributed by atoms with Crippen molar-refractivity contribution in [3.05, 3.63) is 29.3 Å². The number of carbonyl (C=O) groups excluding carboxylic acids is 1. The molecule has 0 unspecified atom stereocenters. The molecule has 0 aliphatic rings. The monoisotopic (exact) mass is 291 g/mol. The molecule has 1 rings (SSSR count). The third-order valence-electron chi connectivity index (χ3n) is 3.90. The summed E-state index contributed by atoms with van der Waals surface area (Å²) in [4.78, 5) is 16.8. The number of aryl methyl sites for hydroxylation is 1. The molecule has 1 aromatic rings. The Balaban J connectivity index is 2.64. The van der Waals surface area contributed by atoms with Crippen molar-refractivity contribution in [1.82, 2.24) is 9.80 Å². The number of hydrogen-bond acceptors (Lipinski definition) is 3. The van der Waals surface area contributed by atoms with Crippen LogP contribution in [0.25, 0.3) is 0 Å². The number of nitrogens with zero attached hydrogens (tertiary/aromatic N) is 2. The fraction of sp³-hybridized carbons (Fsp3) is 0.588. The molecule has 4 heteroatoms. The van der Waals surface area contributed by atoms with Crippen LogP contribution < -0.4 is 5.73 Å². The number of nitrogen functional groups attached to an aromatic ring is 1. The van der Waals surface area contributed by atoms with Crippen molar-refractivity contribution in [2.45, 2.75) is 34.1 Å². The second-order valence-electron chi connectivity index (χ2n) is 5.36. The fourth-order valence-electron chi connectivity index (χ4n) is 2.48. The molecule has 0 spiro atoms. The quantitative estimate of drug-likeness (QED) is 0.749. The largest absolute Gasteiger partial charge is 0.398 e. The van der Waals surface area contributed by atoms with E-state index in [1.165, 1.54) is 0 Å². The molecule has 0 aliphatic heterocycles. The van der Waals surface area contributed by atoms with Crippen LogP contribution in [0.2, 0.25) is 0 Å². The maximum atomic E-state index is 12.6. The predicted molar refractivity (Wildman–Crippen MR) is 89.6 cm³/mol. The van der Waals surface area contributed by atoms with E-state index in [9.17, 15) is 4.79 Å². The molecule has 21 heavy (non-hydrogen) atoms. The Bertz CT molecular complexity index is 455. The third kappa shape index (κ3) is 5.05. The molecule has 1 amide bonds. The number of anilines is 1. The van der Waals surface area contributed by atoms with Crippen LogP contribution in [-0.2, 0) is 0 Å². The molecule has 1 aromatic carbocycles. The SMILES string of the molecule is CCN(CC)CCCN(CC)C(=O)c1ccc(C)cc1N. The minimum absolute atomic E-state index is 0.0366. The lowest BCUT2D eigenvalue weighted by molar-refractivity contribution is 0.0758. The van der Waals surface area contributed by atoms with Crippen molar-refractivity contribution in [1.29, 1.82) is 0 Å². The maximum Gasteiger partial charge on any atom is 0.255 e. The van der Waals surface area contributed by atoms with Gasteiger partial charge in [-0.15, -0.1) is 0 Å². The van der Waals surface area contributed by atoms with Gasteiger partial charge in [-0.1, -0.05) is 19.9 Å². The Morgan fingerprint density at radius 2 is 1.76 bits per heavy atom. The fourth-order valence-corrected chi connectivity index (χ4v) is 2.48. The Hall–Kier alpha value is -1.55. The van der Waals surface area contributed by atoms with Gasteiger partial charge in [0.25, 0.3) is 5.91 Å². The van der Waals surface area contributed by atoms with E-state index in [-0.39, 0.29) is 5.91 Å². The summed E-state index contributed by atoms with van der Waals surface area (Å²) >= 11 is 0. The lowest BCUT2D eigenvalue weighted by Crippen LogP contribution is -2.34. The first-order valence-electron chi connectivity index (χ1n) is 7.91. The van der Waals surface area contributed by atoms with Crippen LogP contribution in [0.3, 0.4) is 0 Å². The lowest BCUT2D eigenvalue weighted by atomic mass is 10.1. The van der Waals surface area contributed by atoms with E-state index < -0.39 is 0 Å². The zero-order chi connectivity index (χ0) is 15.8. The predicted octanol–water partition coefficient (Wildman–Crippen LogP) is 2.77. The molecule has 2 N–H and O–H groups in total. The minimum atomic E-state index is 0.0366.